The lowest BCUT2D eigenvalue weighted by Crippen LogP contribution is -2.30. The zero-order valence-electron chi connectivity index (χ0n) is 14.8. The third kappa shape index (κ3) is 4.18. The quantitative estimate of drug-likeness (QED) is 0.682. The molecular weight excluding hydrogens is 310 g/mol. The molecule has 1 atom stereocenters. The molecule has 0 fully saturated rings. The molecule has 0 spiro atoms. The predicted molar refractivity (Wildman–Crippen MR) is 103 cm³/mol. The molecule has 128 valence electrons. The Labute approximate surface area is 148 Å². The van der Waals surface area contributed by atoms with E-state index in [4.69, 9.17) is 4.74 Å². The average molecular weight is 333 g/mol. The molecule has 0 heterocycles. The van der Waals surface area contributed by atoms with Gasteiger partial charge in [0.2, 0.25) is 0 Å². The van der Waals surface area contributed by atoms with E-state index in [-0.39, 0.29) is 5.91 Å². The topological polar surface area (TPSA) is 38.3 Å². The highest BCUT2D eigenvalue weighted by molar-refractivity contribution is 5.94. The first-order valence-electron chi connectivity index (χ1n) is 8.59. The molecule has 0 aliphatic heterocycles. The first kappa shape index (κ1) is 17.0. The van der Waals surface area contributed by atoms with Crippen LogP contribution in [0.4, 0.5) is 5.69 Å². The van der Waals surface area contributed by atoms with Crippen molar-refractivity contribution in [2.75, 3.05) is 5.32 Å². The third-order valence-electron chi connectivity index (χ3n) is 4.25. The van der Waals surface area contributed by atoms with Crippen LogP contribution in [-0.4, -0.2) is 12.0 Å². The maximum Gasteiger partial charge on any atom is 0.265 e. The number of carbonyl (C=O) groups excluding carboxylic acids is 1. The average Bonchev–Trinajstić information content (AvgIpc) is 2.62. The molecular formula is C22H23NO2. The van der Waals surface area contributed by atoms with Crippen molar-refractivity contribution in [3.63, 3.8) is 0 Å². The highest BCUT2D eigenvalue weighted by Gasteiger charge is 2.15. The van der Waals surface area contributed by atoms with E-state index in [2.05, 4.69) is 25.2 Å². The minimum absolute atomic E-state index is 0.162. The first-order chi connectivity index (χ1) is 12.0. The van der Waals surface area contributed by atoms with E-state index in [0.717, 1.165) is 16.5 Å². The maximum atomic E-state index is 12.4. The lowest BCUT2D eigenvalue weighted by molar-refractivity contribution is -0.122. The molecule has 3 nitrogen and oxygen atoms in total. The number of fused-ring (bicyclic) bond motifs is 1. The first-order valence-corrected chi connectivity index (χ1v) is 8.59. The van der Waals surface area contributed by atoms with Crippen LogP contribution in [0.3, 0.4) is 0 Å². The maximum absolute atomic E-state index is 12.4. The van der Waals surface area contributed by atoms with Crippen molar-refractivity contribution in [3.8, 4) is 5.75 Å². The predicted octanol–water partition coefficient (Wildman–Crippen LogP) is 5.37. The Kier molecular flexibility index (Phi) is 5.03. The summed E-state index contributed by atoms with van der Waals surface area (Å²) in [6.45, 7) is 6.05. The van der Waals surface area contributed by atoms with Crippen LogP contribution in [0.25, 0.3) is 10.8 Å². The normalized spacial score (nSPS) is 12.2. The zero-order valence-corrected chi connectivity index (χ0v) is 14.8. The van der Waals surface area contributed by atoms with Crippen molar-refractivity contribution in [2.24, 2.45) is 0 Å². The highest BCUT2D eigenvalue weighted by Crippen LogP contribution is 2.22. The molecule has 0 bridgehead atoms. The summed E-state index contributed by atoms with van der Waals surface area (Å²) in [5, 5.41) is 5.15. The van der Waals surface area contributed by atoms with Crippen LogP contribution in [0.2, 0.25) is 0 Å². The van der Waals surface area contributed by atoms with Crippen molar-refractivity contribution in [1.82, 2.24) is 0 Å². The van der Waals surface area contributed by atoms with Crippen LogP contribution < -0.4 is 10.1 Å². The molecule has 25 heavy (non-hydrogen) atoms. The monoisotopic (exact) mass is 333 g/mol. The summed E-state index contributed by atoms with van der Waals surface area (Å²) in [6, 6.07) is 21.8. The Balaban J connectivity index is 1.65. The van der Waals surface area contributed by atoms with Crippen LogP contribution in [0, 0.1) is 0 Å². The van der Waals surface area contributed by atoms with Gasteiger partial charge in [0, 0.05) is 5.69 Å². The number of rotatable bonds is 5. The minimum atomic E-state index is -0.578. The van der Waals surface area contributed by atoms with E-state index in [9.17, 15) is 4.79 Å². The second-order valence-electron chi connectivity index (χ2n) is 6.53. The summed E-state index contributed by atoms with van der Waals surface area (Å²) in [5.74, 6) is 1.00. The Morgan fingerprint density at radius 2 is 1.56 bits per heavy atom. The van der Waals surface area contributed by atoms with Gasteiger partial charge in [0.15, 0.2) is 6.10 Å². The van der Waals surface area contributed by atoms with Gasteiger partial charge >= 0.3 is 0 Å². The van der Waals surface area contributed by atoms with Gasteiger partial charge < -0.3 is 10.1 Å². The summed E-state index contributed by atoms with van der Waals surface area (Å²) < 4.78 is 5.81. The van der Waals surface area contributed by atoms with Crippen molar-refractivity contribution < 1.29 is 9.53 Å². The SMILES string of the molecule is CC(Oc1ccc2ccccc2c1)C(=O)Nc1ccc(C(C)C)cc1. The second-order valence-corrected chi connectivity index (χ2v) is 6.53. The number of hydrogen-bond donors (Lipinski definition) is 1. The number of ether oxygens (including phenoxy) is 1. The summed E-state index contributed by atoms with van der Waals surface area (Å²) >= 11 is 0. The Morgan fingerprint density at radius 3 is 2.24 bits per heavy atom. The van der Waals surface area contributed by atoms with Crippen LogP contribution in [0.5, 0.6) is 5.75 Å². The standard InChI is InChI=1S/C22H23NO2/c1-15(2)17-8-11-20(12-9-17)23-22(24)16(3)25-21-13-10-18-6-4-5-7-19(18)14-21/h4-16H,1-3H3,(H,23,24). The molecule has 3 heteroatoms. The van der Waals surface area contributed by atoms with E-state index < -0.39 is 6.10 Å². The molecule has 1 amide bonds. The minimum Gasteiger partial charge on any atom is -0.481 e. The van der Waals surface area contributed by atoms with Gasteiger partial charge in [-0.15, -0.1) is 0 Å². The van der Waals surface area contributed by atoms with Gasteiger partial charge in [-0.3, -0.25) is 4.79 Å². The van der Waals surface area contributed by atoms with Crippen molar-refractivity contribution >= 4 is 22.4 Å². The van der Waals surface area contributed by atoms with Gasteiger partial charge in [0.25, 0.3) is 5.91 Å². The van der Waals surface area contributed by atoms with E-state index in [1.54, 1.807) is 6.92 Å². The van der Waals surface area contributed by atoms with E-state index >= 15 is 0 Å². The number of nitrogens with one attached hydrogen (secondary N) is 1. The van der Waals surface area contributed by atoms with Gasteiger partial charge in [-0.1, -0.05) is 56.3 Å². The molecule has 0 saturated heterocycles. The van der Waals surface area contributed by atoms with E-state index in [1.165, 1.54) is 5.56 Å². The fourth-order valence-electron chi connectivity index (χ4n) is 2.69. The molecule has 3 aromatic carbocycles. The molecule has 1 unspecified atom stereocenters. The molecule has 1 N–H and O–H groups in total. The van der Waals surface area contributed by atoms with Crippen molar-refractivity contribution in [1.29, 1.82) is 0 Å². The zero-order chi connectivity index (χ0) is 17.8. The van der Waals surface area contributed by atoms with Crippen molar-refractivity contribution in [2.45, 2.75) is 32.8 Å². The molecule has 0 aromatic heterocycles. The lowest BCUT2D eigenvalue weighted by Gasteiger charge is -2.15. The number of anilines is 1. The molecule has 0 aliphatic rings. The van der Waals surface area contributed by atoms with Crippen LogP contribution in [0.15, 0.2) is 66.7 Å². The molecule has 3 rings (SSSR count). The van der Waals surface area contributed by atoms with Crippen LogP contribution >= 0.6 is 0 Å². The molecule has 0 saturated carbocycles. The van der Waals surface area contributed by atoms with Gasteiger partial charge in [0.1, 0.15) is 5.75 Å². The van der Waals surface area contributed by atoms with Gasteiger partial charge in [-0.05, 0) is 53.4 Å². The third-order valence-corrected chi connectivity index (χ3v) is 4.25. The summed E-state index contributed by atoms with van der Waals surface area (Å²) in [7, 11) is 0. The molecule has 0 radical (unpaired) electrons. The number of hydrogen-bond acceptors (Lipinski definition) is 2. The Morgan fingerprint density at radius 1 is 0.880 bits per heavy atom. The largest absolute Gasteiger partial charge is 0.481 e. The lowest BCUT2D eigenvalue weighted by atomic mass is 10.0. The van der Waals surface area contributed by atoms with Gasteiger partial charge in [-0.25, -0.2) is 0 Å². The van der Waals surface area contributed by atoms with Crippen LogP contribution in [0.1, 0.15) is 32.3 Å². The van der Waals surface area contributed by atoms with E-state index in [1.807, 2.05) is 60.7 Å². The van der Waals surface area contributed by atoms with E-state index in [0.29, 0.717) is 11.7 Å². The molecule has 3 aromatic rings. The summed E-state index contributed by atoms with van der Waals surface area (Å²) in [4.78, 5) is 12.4. The Bertz CT molecular complexity index is 869. The highest BCUT2D eigenvalue weighted by atomic mass is 16.5. The number of benzene rings is 3. The number of amides is 1. The summed E-state index contributed by atoms with van der Waals surface area (Å²) in [5.41, 5.74) is 2.03. The smallest absolute Gasteiger partial charge is 0.265 e. The second kappa shape index (κ2) is 7.39. The van der Waals surface area contributed by atoms with Gasteiger partial charge in [-0.2, -0.15) is 0 Å². The summed E-state index contributed by atoms with van der Waals surface area (Å²) in [6.07, 6.45) is -0.578. The Hall–Kier alpha value is -2.81. The van der Waals surface area contributed by atoms with Gasteiger partial charge in [0.05, 0.1) is 0 Å². The number of carbonyl (C=O) groups is 1. The fraction of sp³-hybridized carbons (Fsp3) is 0.227. The molecule has 0 aliphatic carbocycles. The van der Waals surface area contributed by atoms with Crippen molar-refractivity contribution in [3.05, 3.63) is 72.3 Å². The fourth-order valence-corrected chi connectivity index (χ4v) is 2.69. The van der Waals surface area contributed by atoms with Crippen LogP contribution in [-0.2, 0) is 4.79 Å².